The van der Waals surface area contributed by atoms with Crippen LogP contribution in [0.25, 0.3) is 0 Å². The van der Waals surface area contributed by atoms with Crippen LogP contribution in [-0.4, -0.2) is 22.8 Å². The molecular weight excluding hydrogens is 236 g/mol. The second kappa shape index (κ2) is 5.27. The Bertz CT molecular complexity index is 501. The van der Waals surface area contributed by atoms with E-state index in [0.29, 0.717) is 11.5 Å². The van der Waals surface area contributed by atoms with Crippen LogP contribution < -0.4 is 4.74 Å². The number of aromatic hydroxyl groups is 1. The van der Waals surface area contributed by atoms with Crippen molar-refractivity contribution in [1.29, 1.82) is 0 Å². The first-order chi connectivity index (χ1) is 8.66. The van der Waals surface area contributed by atoms with Crippen molar-refractivity contribution in [3.8, 4) is 11.5 Å². The molecule has 0 fully saturated rings. The Labute approximate surface area is 103 Å². The van der Waals surface area contributed by atoms with E-state index in [1.54, 1.807) is 24.3 Å². The maximum absolute atomic E-state index is 11.1. The topological polar surface area (TPSA) is 79.9 Å². The fourth-order valence-corrected chi connectivity index (χ4v) is 1.49. The Morgan fingerprint density at radius 3 is 2.56 bits per heavy atom. The molecule has 18 heavy (non-hydrogen) atoms. The first-order valence-corrected chi connectivity index (χ1v) is 5.35. The van der Waals surface area contributed by atoms with Gasteiger partial charge in [0.15, 0.2) is 0 Å². The molecule has 0 aliphatic heterocycles. The number of carboxylic acids is 1. The molecule has 0 aliphatic rings. The Morgan fingerprint density at radius 2 is 2.00 bits per heavy atom. The number of carbonyl (C=O) groups is 1. The lowest BCUT2D eigenvalue weighted by Crippen LogP contribution is -2.18. The molecule has 1 heterocycles. The SMILES string of the molecule is O=C(O)C(COc1ccc(O)cc1)c1ccco1. The highest BCUT2D eigenvalue weighted by Crippen LogP contribution is 2.21. The molecule has 0 spiro atoms. The number of hydrogen-bond donors (Lipinski definition) is 2. The van der Waals surface area contributed by atoms with Crippen molar-refractivity contribution in [2.24, 2.45) is 0 Å². The molecule has 2 rings (SSSR count). The van der Waals surface area contributed by atoms with Gasteiger partial charge in [0.1, 0.15) is 29.8 Å². The van der Waals surface area contributed by atoms with Crippen molar-refractivity contribution in [2.45, 2.75) is 5.92 Å². The van der Waals surface area contributed by atoms with Crippen LogP contribution in [0, 0.1) is 0 Å². The Balaban J connectivity index is 2.02. The van der Waals surface area contributed by atoms with Crippen molar-refractivity contribution in [3.05, 3.63) is 48.4 Å². The van der Waals surface area contributed by atoms with Gasteiger partial charge in [-0.2, -0.15) is 0 Å². The van der Waals surface area contributed by atoms with E-state index in [1.165, 1.54) is 18.4 Å². The summed E-state index contributed by atoms with van der Waals surface area (Å²) < 4.78 is 10.4. The summed E-state index contributed by atoms with van der Waals surface area (Å²) in [7, 11) is 0. The first kappa shape index (κ1) is 12.0. The highest BCUT2D eigenvalue weighted by atomic mass is 16.5. The predicted octanol–water partition coefficient (Wildman–Crippen LogP) is 2.23. The molecule has 0 bridgehead atoms. The monoisotopic (exact) mass is 248 g/mol. The number of furan rings is 1. The lowest BCUT2D eigenvalue weighted by Gasteiger charge is -2.11. The Kier molecular flexibility index (Phi) is 3.52. The fourth-order valence-electron chi connectivity index (χ4n) is 1.49. The van der Waals surface area contributed by atoms with Crippen molar-refractivity contribution >= 4 is 5.97 Å². The lowest BCUT2D eigenvalue weighted by atomic mass is 10.1. The van der Waals surface area contributed by atoms with Gasteiger partial charge in [-0.3, -0.25) is 4.79 Å². The van der Waals surface area contributed by atoms with Crippen LogP contribution in [0.4, 0.5) is 0 Å². The molecule has 2 aromatic rings. The molecule has 0 aliphatic carbocycles. The van der Waals surface area contributed by atoms with Gasteiger partial charge in [-0.05, 0) is 36.4 Å². The van der Waals surface area contributed by atoms with E-state index in [9.17, 15) is 4.79 Å². The number of benzene rings is 1. The highest BCUT2D eigenvalue weighted by Gasteiger charge is 2.23. The summed E-state index contributed by atoms with van der Waals surface area (Å²) in [6, 6.07) is 9.30. The molecule has 1 aromatic heterocycles. The van der Waals surface area contributed by atoms with Gasteiger partial charge in [-0.25, -0.2) is 0 Å². The van der Waals surface area contributed by atoms with Crippen molar-refractivity contribution in [2.75, 3.05) is 6.61 Å². The number of phenols is 1. The largest absolute Gasteiger partial charge is 0.508 e. The average Bonchev–Trinajstić information content (AvgIpc) is 2.85. The van der Waals surface area contributed by atoms with Gasteiger partial charge < -0.3 is 19.4 Å². The van der Waals surface area contributed by atoms with E-state index in [0.717, 1.165) is 0 Å². The minimum atomic E-state index is -1.01. The van der Waals surface area contributed by atoms with E-state index in [1.807, 2.05) is 0 Å². The number of aliphatic carboxylic acids is 1. The molecule has 1 unspecified atom stereocenters. The smallest absolute Gasteiger partial charge is 0.317 e. The molecule has 2 N–H and O–H groups in total. The molecule has 0 radical (unpaired) electrons. The number of carboxylic acid groups (broad SMARTS) is 1. The molecule has 0 amide bonds. The number of rotatable bonds is 5. The third-order valence-corrected chi connectivity index (χ3v) is 2.44. The minimum Gasteiger partial charge on any atom is -0.508 e. The van der Waals surface area contributed by atoms with Gasteiger partial charge in [-0.15, -0.1) is 0 Å². The Morgan fingerprint density at radius 1 is 1.28 bits per heavy atom. The van der Waals surface area contributed by atoms with Gasteiger partial charge in [0.25, 0.3) is 0 Å². The van der Waals surface area contributed by atoms with Gasteiger partial charge in [-0.1, -0.05) is 0 Å². The highest BCUT2D eigenvalue weighted by molar-refractivity contribution is 5.75. The van der Waals surface area contributed by atoms with E-state index in [-0.39, 0.29) is 12.4 Å². The third-order valence-electron chi connectivity index (χ3n) is 2.44. The summed E-state index contributed by atoms with van der Waals surface area (Å²) in [5, 5.41) is 18.2. The van der Waals surface area contributed by atoms with E-state index in [2.05, 4.69) is 0 Å². The van der Waals surface area contributed by atoms with Crippen LogP contribution in [0.3, 0.4) is 0 Å². The van der Waals surface area contributed by atoms with Crippen LogP contribution in [0.1, 0.15) is 11.7 Å². The minimum absolute atomic E-state index is 0.0341. The molecule has 0 saturated carbocycles. The molecule has 1 aromatic carbocycles. The number of ether oxygens (including phenoxy) is 1. The molecule has 5 heteroatoms. The maximum atomic E-state index is 11.1. The molecule has 94 valence electrons. The lowest BCUT2D eigenvalue weighted by molar-refractivity contribution is -0.140. The Hall–Kier alpha value is -2.43. The summed E-state index contributed by atoms with van der Waals surface area (Å²) >= 11 is 0. The van der Waals surface area contributed by atoms with Gasteiger partial charge >= 0.3 is 5.97 Å². The molecule has 5 nitrogen and oxygen atoms in total. The van der Waals surface area contributed by atoms with E-state index >= 15 is 0 Å². The molecule has 1 atom stereocenters. The number of phenolic OH excluding ortho intramolecular Hbond substituents is 1. The predicted molar refractivity (Wildman–Crippen MR) is 62.7 cm³/mol. The third kappa shape index (κ3) is 2.82. The second-order valence-electron chi connectivity index (χ2n) is 3.71. The summed E-state index contributed by atoms with van der Waals surface area (Å²) in [6.45, 7) is -0.0341. The van der Waals surface area contributed by atoms with Crippen LogP contribution in [-0.2, 0) is 4.79 Å². The molecular formula is C13H12O5. The first-order valence-electron chi connectivity index (χ1n) is 5.35. The zero-order valence-corrected chi connectivity index (χ0v) is 9.45. The summed E-state index contributed by atoms with van der Waals surface area (Å²) in [6.07, 6.45) is 1.42. The zero-order valence-electron chi connectivity index (χ0n) is 9.45. The second-order valence-corrected chi connectivity index (χ2v) is 3.71. The molecule has 0 saturated heterocycles. The van der Waals surface area contributed by atoms with Gasteiger partial charge in [0.2, 0.25) is 0 Å². The average molecular weight is 248 g/mol. The van der Waals surface area contributed by atoms with Gasteiger partial charge in [0.05, 0.1) is 6.26 Å². The van der Waals surface area contributed by atoms with Crippen molar-refractivity contribution in [1.82, 2.24) is 0 Å². The van der Waals surface area contributed by atoms with E-state index in [4.69, 9.17) is 19.4 Å². The standard InChI is InChI=1S/C13H12O5/c14-9-3-5-10(6-4-9)18-8-11(13(15)16)12-2-1-7-17-12/h1-7,11,14H,8H2,(H,15,16). The zero-order chi connectivity index (χ0) is 13.0. The van der Waals surface area contributed by atoms with Crippen LogP contribution in [0.2, 0.25) is 0 Å². The van der Waals surface area contributed by atoms with Crippen molar-refractivity contribution < 1.29 is 24.2 Å². The quantitative estimate of drug-likeness (QED) is 0.848. The van der Waals surface area contributed by atoms with Gasteiger partial charge in [0, 0.05) is 0 Å². The van der Waals surface area contributed by atoms with Crippen LogP contribution >= 0.6 is 0 Å². The number of hydrogen-bond acceptors (Lipinski definition) is 4. The summed E-state index contributed by atoms with van der Waals surface area (Å²) in [5.41, 5.74) is 0. The normalized spacial score (nSPS) is 12.0. The van der Waals surface area contributed by atoms with E-state index < -0.39 is 11.9 Å². The fraction of sp³-hybridized carbons (Fsp3) is 0.154. The van der Waals surface area contributed by atoms with Crippen molar-refractivity contribution in [3.63, 3.8) is 0 Å². The maximum Gasteiger partial charge on any atom is 0.317 e. The summed E-state index contributed by atoms with van der Waals surface area (Å²) in [4.78, 5) is 11.1. The van der Waals surface area contributed by atoms with Crippen LogP contribution in [0.15, 0.2) is 47.1 Å². The summed E-state index contributed by atoms with van der Waals surface area (Å²) in [5.74, 6) is -0.896. The van der Waals surface area contributed by atoms with Crippen LogP contribution in [0.5, 0.6) is 11.5 Å².